The van der Waals surface area contributed by atoms with Gasteiger partial charge >= 0.3 is 0 Å². The Balaban J connectivity index is 2.18. The third kappa shape index (κ3) is 1.72. The normalized spacial score (nSPS) is 19.9. The van der Waals surface area contributed by atoms with Crippen molar-refractivity contribution in [3.63, 3.8) is 0 Å². The summed E-state index contributed by atoms with van der Waals surface area (Å²) in [4.78, 5) is 16.3. The zero-order valence-electron chi connectivity index (χ0n) is 9.19. The van der Waals surface area contributed by atoms with Crippen molar-refractivity contribution in [2.45, 2.75) is 12.5 Å². The Morgan fingerprint density at radius 1 is 1.47 bits per heavy atom. The molecule has 1 fully saturated rings. The molecule has 2 heterocycles. The van der Waals surface area contributed by atoms with Crippen molar-refractivity contribution in [2.75, 3.05) is 13.1 Å². The van der Waals surface area contributed by atoms with E-state index in [1.54, 1.807) is 4.57 Å². The molecule has 2 aromatic rings. The van der Waals surface area contributed by atoms with Crippen LogP contribution in [0.3, 0.4) is 0 Å². The molecule has 1 aliphatic rings. The number of halogens is 1. The highest BCUT2D eigenvalue weighted by molar-refractivity contribution is 5.77. The average Bonchev–Trinajstić information content (AvgIpc) is 2.82. The molecular formula is C12H12FN3O. The Labute approximate surface area is 97.1 Å². The van der Waals surface area contributed by atoms with Crippen molar-refractivity contribution in [1.29, 1.82) is 0 Å². The number of nitrogens with zero attached hydrogens (tertiary/aromatic N) is 2. The summed E-state index contributed by atoms with van der Waals surface area (Å²) in [5.41, 5.74) is 0.320. The van der Waals surface area contributed by atoms with Crippen LogP contribution in [0.1, 0.15) is 12.5 Å². The Bertz CT molecular complexity index is 617. The second kappa shape index (κ2) is 3.92. The summed E-state index contributed by atoms with van der Waals surface area (Å²) in [6.07, 6.45) is 2.44. The zero-order valence-corrected chi connectivity index (χ0v) is 9.19. The predicted molar refractivity (Wildman–Crippen MR) is 62.5 cm³/mol. The monoisotopic (exact) mass is 233 g/mol. The molecule has 17 heavy (non-hydrogen) atoms. The molecule has 1 aromatic carbocycles. The SMILES string of the molecule is O=c1c2ccc(F)cc2ncn1C1CCNC1. The molecule has 4 nitrogen and oxygen atoms in total. The molecule has 0 spiro atoms. The standard InChI is InChI=1S/C12H12FN3O/c13-8-1-2-10-11(5-8)15-7-16(12(10)17)9-3-4-14-6-9/h1-2,5,7,9,14H,3-4,6H2. The first-order valence-electron chi connectivity index (χ1n) is 5.63. The van der Waals surface area contributed by atoms with Crippen LogP contribution in [0.25, 0.3) is 10.9 Å². The highest BCUT2D eigenvalue weighted by Gasteiger charge is 2.18. The molecule has 0 bridgehead atoms. The number of hydrogen-bond acceptors (Lipinski definition) is 3. The molecule has 1 aromatic heterocycles. The van der Waals surface area contributed by atoms with E-state index in [1.165, 1.54) is 24.5 Å². The molecule has 5 heteroatoms. The van der Waals surface area contributed by atoms with Gasteiger partial charge in [-0.25, -0.2) is 9.37 Å². The second-order valence-electron chi connectivity index (χ2n) is 4.27. The first-order valence-corrected chi connectivity index (χ1v) is 5.63. The minimum atomic E-state index is -0.371. The van der Waals surface area contributed by atoms with Crippen LogP contribution in [-0.2, 0) is 0 Å². The van der Waals surface area contributed by atoms with Crippen molar-refractivity contribution in [1.82, 2.24) is 14.9 Å². The molecule has 1 unspecified atom stereocenters. The molecule has 88 valence electrons. The molecule has 0 radical (unpaired) electrons. The number of nitrogens with one attached hydrogen (secondary N) is 1. The van der Waals surface area contributed by atoms with Gasteiger partial charge in [-0.1, -0.05) is 0 Å². The van der Waals surface area contributed by atoms with Gasteiger partial charge in [0.15, 0.2) is 0 Å². The fourth-order valence-corrected chi connectivity index (χ4v) is 2.25. The van der Waals surface area contributed by atoms with E-state index in [0.717, 1.165) is 19.5 Å². The fourth-order valence-electron chi connectivity index (χ4n) is 2.25. The number of benzene rings is 1. The van der Waals surface area contributed by atoms with Crippen LogP contribution < -0.4 is 10.9 Å². The number of fused-ring (bicyclic) bond motifs is 1. The van der Waals surface area contributed by atoms with E-state index in [-0.39, 0.29) is 17.4 Å². The first kappa shape index (κ1) is 10.4. The van der Waals surface area contributed by atoms with Crippen molar-refractivity contribution < 1.29 is 4.39 Å². The van der Waals surface area contributed by atoms with Crippen LogP contribution >= 0.6 is 0 Å². The molecule has 1 atom stereocenters. The third-order valence-electron chi connectivity index (χ3n) is 3.17. The smallest absolute Gasteiger partial charge is 0.261 e. The largest absolute Gasteiger partial charge is 0.315 e. The molecule has 0 aliphatic carbocycles. The van der Waals surface area contributed by atoms with Gasteiger partial charge in [0.2, 0.25) is 0 Å². The quantitative estimate of drug-likeness (QED) is 0.801. The molecule has 3 rings (SSSR count). The Kier molecular flexibility index (Phi) is 2.40. The van der Waals surface area contributed by atoms with E-state index in [9.17, 15) is 9.18 Å². The summed E-state index contributed by atoms with van der Waals surface area (Å²) in [5, 5.41) is 3.68. The lowest BCUT2D eigenvalue weighted by Crippen LogP contribution is -2.26. The van der Waals surface area contributed by atoms with Gasteiger partial charge in [-0.05, 0) is 25.1 Å². The van der Waals surface area contributed by atoms with Crippen LogP contribution in [-0.4, -0.2) is 22.6 Å². The lowest BCUT2D eigenvalue weighted by Gasteiger charge is -2.12. The molecular weight excluding hydrogens is 221 g/mol. The molecule has 0 saturated carbocycles. The average molecular weight is 233 g/mol. The van der Waals surface area contributed by atoms with Gasteiger partial charge in [-0.2, -0.15) is 0 Å². The van der Waals surface area contributed by atoms with Crippen molar-refractivity contribution in [3.8, 4) is 0 Å². The summed E-state index contributed by atoms with van der Waals surface area (Å²) in [6.45, 7) is 1.70. The van der Waals surface area contributed by atoms with Crippen LogP contribution in [0.15, 0.2) is 29.3 Å². The Hall–Kier alpha value is -1.75. The minimum absolute atomic E-state index is 0.0938. The lowest BCUT2D eigenvalue weighted by molar-refractivity contribution is 0.525. The van der Waals surface area contributed by atoms with Crippen molar-refractivity contribution >= 4 is 10.9 Å². The van der Waals surface area contributed by atoms with Crippen molar-refractivity contribution in [2.24, 2.45) is 0 Å². The number of rotatable bonds is 1. The summed E-state index contributed by atoms with van der Waals surface area (Å²) >= 11 is 0. The highest BCUT2D eigenvalue weighted by atomic mass is 19.1. The van der Waals surface area contributed by atoms with Crippen LogP contribution in [0, 0.1) is 5.82 Å². The van der Waals surface area contributed by atoms with Crippen molar-refractivity contribution in [3.05, 3.63) is 40.7 Å². The van der Waals surface area contributed by atoms with Gasteiger partial charge in [0.25, 0.3) is 5.56 Å². The molecule has 0 amide bonds. The van der Waals surface area contributed by atoms with Gasteiger partial charge in [0.1, 0.15) is 5.82 Å². The van der Waals surface area contributed by atoms with Crippen LogP contribution in [0.4, 0.5) is 4.39 Å². The summed E-state index contributed by atoms with van der Waals surface area (Å²) in [6, 6.07) is 4.24. The highest BCUT2D eigenvalue weighted by Crippen LogP contribution is 2.14. The predicted octanol–water partition coefficient (Wildman–Crippen LogP) is 1.07. The Morgan fingerprint density at radius 2 is 2.35 bits per heavy atom. The summed E-state index contributed by atoms with van der Waals surface area (Å²) < 4.78 is 14.7. The van der Waals surface area contributed by atoms with E-state index in [0.29, 0.717) is 10.9 Å². The van der Waals surface area contributed by atoms with Crippen LogP contribution in [0.2, 0.25) is 0 Å². The maximum atomic E-state index is 13.0. The van der Waals surface area contributed by atoms with Crippen LogP contribution in [0.5, 0.6) is 0 Å². The van der Waals surface area contributed by atoms with Gasteiger partial charge in [0, 0.05) is 12.6 Å². The summed E-state index contributed by atoms with van der Waals surface area (Å²) in [7, 11) is 0. The summed E-state index contributed by atoms with van der Waals surface area (Å²) in [5.74, 6) is -0.371. The van der Waals surface area contributed by atoms with Gasteiger partial charge in [-0.3, -0.25) is 9.36 Å². The van der Waals surface area contributed by atoms with E-state index in [2.05, 4.69) is 10.3 Å². The topological polar surface area (TPSA) is 46.9 Å². The fraction of sp³-hybridized carbons (Fsp3) is 0.333. The maximum absolute atomic E-state index is 13.0. The van der Waals surface area contributed by atoms with E-state index >= 15 is 0 Å². The molecule has 1 saturated heterocycles. The maximum Gasteiger partial charge on any atom is 0.261 e. The molecule has 1 N–H and O–H groups in total. The third-order valence-corrected chi connectivity index (χ3v) is 3.17. The Morgan fingerprint density at radius 3 is 3.12 bits per heavy atom. The lowest BCUT2D eigenvalue weighted by atomic mass is 10.2. The number of aromatic nitrogens is 2. The zero-order chi connectivity index (χ0) is 11.8. The van der Waals surface area contributed by atoms with Gasteiger partial charge in [-0.15, -0.1) is 0 Å². The van der Waals surface area contributed by atoms with E-state index in [4.69, 9.17) is 0 Å². The number of hydrogen-bond donors (Lipinski definition) is 1. The minimum Gasteiger partial charge on any atom is -0.315 e. The van der Waals surface area contributed by atoms with E-state index < -0.39 is 0 Å². The first-order chi connectivity index (χ1) is 8.25. The van der Waals surface area contributed by atoms with Gasteiger partial charge < -0.3 is 5.32 Å². The second-order valence-corrected chi connectivity index (χ2v) is 4.27. The van der Waals surface area contributed by atoms with Gasteiger partial charge in [0.05, 0.1) is 23.3 Å². The van der Waals surface area contributed by atoms with E-state index in [1.807, 2.05) is 0 Å². The molecule has 1 aliphatic heterocycles.